The van der Waals surface area contributed by atoms with Crippen LogP contribution in [0, 0.1) is 0 Å². The van der Waals surface area contributed by atoms with Crippen LogP contribution in [-0.2, 0) is 19.3 Å². The van der Waals surface area contributed by atoms with Gasteiger partial charge >= 0.3 is 8.80 Å². The highest BCUT2D eigenvalue weighted by atomic mass is 28.4. The third-order valence-corrected chi connectivity index (χ3v) is 7.12. The molecule has 3 rings (SSSR count). The summed E-state index contributed by atoms with van der Waals surface area (Å²) in [6.07, 6.45) is 0. The molecule has 1 aromatic heterocycles. The third-order valence-electron chi connectivity index (χ3n) is 4.12. The maximum absolute atomic E-state index is 6.04. The van der Waals surface area contributed by atoms with Gasteiger partial charge in [0.1, 0.15) is 0 Å². The fourth-order valence-corrected chi connectivity index (χ4v) is 5.93. The highest BCUT2D eigenvalue weighted by molar-refractivity contribution is 6.60. The summed E-state index contributed by atoms with van der Waals surface area (Å²) < 4.78 is 18.1. The SMILES string of the molecule is CCO[Si](Cc1cccc2[nH]c3ccccc3c12)(OCC)OCC. The molecule has 4 nitrogen and oxygen atoms in total. The van der Waals surface area contributed by atoms with Crippen LogP contribution in [-0.4, -0.2) is 33.6 Å². The molecule has 0 saturated heterocycles. The fraction of sp³-hybridized carbons (Fsp3) is 0.368. The highest BCUT2D eigenvalue weighted by Crippen LogP contribution is 2.30. The zero-order valence-electron chi connectivity index (χ0n) is 14.6. The Morgan fingerprint density at radius 2 is 1.42 bits per heavy atom. The van der Waals surface area contributed by atoms with Gasteiger partial charge < -0.3 is 18.3 Å². The molecule has 0 fully saturated rings. The van der Waals surface area contributed by atoms with Crippen molar-refractivity contribution in [1.29, 1.82) is 0 Å². The van der Waals surface area contributed by atoms with Crippen molar-refractivity contribution in [3.8, 4) is 0 Å². The van der Waals surface area contributed by atoms with Crippen LogP contribution in [0.4, 0.5) is 0 Å². The van der Waals surface area contributed by atoms with Crippen molar-refractivity contribution in [2.24, 2.45) is 0 Å². The van der Waals surface area contributed by atoms with E-state index in [4.69, 9.17) is 13.3 Å². The van der Waals surface area contributed by atoms with E-state index in [2.05, 4.69) is 47.4 Å². The highest BCUT2D eigenvalue weighted by Gasteiger charge is 2.41. The van der Waals surface area contributed by atoms with Crippen molar-refractivity contribution in [1.82, 2.24) is 4.98 Å². The van der Waals surface area contributed by atoms with Crippen molar-refractivity contribution < 1.29 is 13.3 Å². The number of aromatic amines is 1. The lowest BCUT2D eigenvalue weighted by atomic mass is 10.1. The topological polar surface area (TPSA) is 43.5 Å². The van der Waals surface area contributed by atoms with E-state index in [1.54, 1.807) is 0 Å². The molecule has 0 spiro atoms. The standard InChI is InChI=1S/C19H25NO3Si/c1-4-21-24(22-5-2,23-6-3)14-15-10-9-13-18-19(15)16-11-7-8-12-17(16)20-18/h7-13,20H,4-6,14H2,1-3H3. The molecular weight excluding hydrogens is 318 g/mol. The van der Waals surface area contributed by atoms with Crippen LogP contribution in [0.15, 0.2) is 42.5 Å². The zero-order valence-corrected chi connectivity index (χ0v) is 15.6. The second-order valence-corrected chi connectivity index (χ2v) is 8.25. The molecule has 1 N–H and O–H groups in total. The Labute approximate surface area is 144 Å². The number of H-pyrrole nitrogens is 1. The molecule has 0 aliphatic heterocycles. The number of fused-ring (bicyclic) bond motifs is 3. The first-order valence-corrected chi connectivity index (χ1v) is 10.6. The lowest BCUT2D eigenvalue weighted by molar-refractivity contribution is 0.0705. The van der Waals surface area contributed by atoms with Crippen LogP contribution in [0.25, 0.3) is 21.8 Å². The van der Waals surface area contributed by atoms with E-state index in [1.165, 1.54) is 16.3 Å². The Balaban J connectivity index is 2.10. The second kappa shape index (κ2) is 7.48. The van der Waals surface area contributed by atoms with Crippen molar-refractivity contribution in [3.63, 3.8) is 0 Å². The van der Waals surface area contributed by atoms with E-state index in [0.29, 0.717) is 25.9 Å². The first-order chi connectivity index (χ1) is 11.7. The van der Waals surface area contributed by atoms with Gasteiger partial charge in [-0.2, -0.15) is 0 Å². The monoisotopic (exact) mass is 343 g/mol. The molecule has 128 valence electrons. The number of para-hydroxylation sites is 1. The quantitative estimate of drug-likeness (QED) is 0.615. The second-order valence-electron chi connectivity index (χ2n) is 5.67. The molecule has 0 aliphatic rings. The van der Waals surface area contributed by atoms with Gasteiger partial charge in [-0.1, -0.05) is 30.3 Å². The van der Waals surface area contributed by atoms with Crippen LogP contribution in [0.5, 0.6) is 0 Å². The number of hydrogen-bond acceptors (Lipinski definition) is 3. The number of nitrogens with one attached hydrogen (secondary N) is 1. The van der Waals surface area contributed by atoms with Crippen molar-refractivity contribution in [2.75, 3.05) is 19.8 Å². The number of aromatic nitrogens is 1. The maximum atomic E-state index is 6.04. The molecule has 0 unspecified atom stereocenters. The molecule has 1 heterocycles. The van der Waals surface area contributed by atoms with Crippen molar-refractivity contribution in [2.45, 2.75) is 26.8 Å². The summed E-state index contributed by atoms with van der Waals surface area (Å²) in [6, 6.07) is 15.4. The Hall–Kier alpha value is -1.66. The van der Waals surface area contributed by atoms with E-state index in [-0.39, 0.29) is 0 Å². The van der Waals surface area contributed by atoms with Crippen LogP contribution >= 0.6 is 0 Å². The lowest BCUT2D eigenvalue weighted by Crippen LogP contribution is -2.48. The summed E-state index contributed by atoms with van der Waals surface area (Å²) in [5, 5.41) is 2.47. The normalized spacial score (nSPS) is 12.3. The van der Waals surface area contributed by atoms with Gasteiger partial charge in [0.15, 0.2) is 0 Å². The van der Waals surface area contributed by atoms with Gasteiger partial charge in [0.05, 0.1) is 0 Å². The lowest BCUT2D eigenvalue weighted by Gasteiger charge is -2.28. The molecule has 0 atom stereocenters. The van der Waals surface area contributed by atoms with Gasteiger partial charge in [-0.25, -0.2) is 0 Å². The minimum Gasteiger partial charge on any atom is -0.374 e. The number of benzene rings is 2. The number of hydrogen-bond donors (Lipinski definition) is 1. The molecule has 0 amide bonds. The van der Waals surface area contributed by atoms with E-state index in [0.717, 1.165) is 11.0 Å². The van der Waals surface area contributed by atoms with E-state index in [1.807, 2.05) is 20.8 Å². The van der Waals surface area contributed by atoms with Gasteiger partial charge in [-0.05, 0) is 38.5 Å². The first kappa shape index (κ1) is 17.2. The van der Waals surface area contributed by atoms with Gasteiger partial charge in [0.25, 0.3) is 0 Å². The summed E-state index contributed by atoms with van der Waals surface area (Å²) >= 11 is 0. The van der Waals surface area contributed by atoms with Gasteiger partial charge in [-0.15, -0.1) is 0 Å². The average molecular weight is 343 g/mol. The zero-order chi connectivity index (χ0) is 17.0. The molecule has 5 heteroatoms. The summed E-state index contributed by atoms with van der Waals surface area (Å²) in [5.41, 5.74) is 3.50. The Morgan fingerprint density at radius 1 is 0.792 bits per heavy atom. The third kappa shape index (κ3) is 3.25. The summed E-state index contributed by atoms with van der Waals surface area (Å²) in [4.78, 5) is 3.49. The minimum absolute atomic E-state index is 0.593. The van der Waals surface area contributed by atoms with E-state index in [9.17, 15) is 0 Å². The van der Waals surface area contributed by atoms with Crippen molar-refractivity contribution >= 4 is 30.6 Å². The predicted octanol–water partition coefficient (Wildman–Crippen LogP) is 4.45. The predicted molar refractivity (Wildman–Crippen MR) is 100 cm³/mol. The van der Waals surface area contributed by atoms with Crippen LogP contribution in [0.2, 0.25) is 0 Å². The molecule has 0 saturated carbocycles. The number of rotatable bonds is 8. The van der Waals surface area contributed by atoms with Gasteiger partial charge in [0.2, 0.25) is 0 Å². The first-order valence-electron chi connectivity index (χ1n) is 8.63. The van der Waals surface area contributed by atoms with Gasteiger partial charge in [0, 0.05) is 47.7 Å². The Kier molecular flexibility index (Phi) is 5.35. The maximum Gasteiger partial charge on any atom is 0.505 e. The smallest absolute Gasteiger partial charge is 0.374 e. The molecule has 3 aromatic rings. The van der Waals surface area contributed by atoms with Crippen LogP contribution in [0.3, 0.4) is 0 Å². The molecular formula is C19H25NO3Si. The molecule has 0 bridgehead atoms. The Bertz CT molecular complexity index is 798. The molecule has 0 aliphatic carbocycles. The minimum atomic E-state index is -2.73. The van der Waals surface area contributed by atoms with Gasteiger partial charge in [-0.3, -0.25) is 0 Å². The molecule has 24 heavy (non-hydrogen) atoms. The Morgan fingerprint density at radius 3 is 2.08 bits per heavy atom. The summed E-state index contributed by atoms with van der Waals surface area (Å²) in [6.45, 7) is 7.76. The largest absolute Gasteiger partial charge is 0.505 e. The summed E-state index contributed by atoms with van der Waals surface area (Å²) in [7, 11) is -2.73. The summed E-state index contributed by atoms with van der Waals surface area (Å²) in [5.74, 6) is 0. The van der Waals surface area contributed by atoms with E-state index < -0.39 is 8.80 Å². The van der Waals surface area contributed by atoms with Crippen LogP contribution in [0.1, 0.15) is 26.3 Å². The van der Waals surface area contributed by atoms with Crippen molar-refractivity contribution in [3.05, 3.63) is 48.0 Å². The fourth-order valence-electron chi connectivity index (χ4n) is 3.30. The van der Waals surface area contributed by atoms with Crippen LogP contribution < -0.4 is 0 Å². The van der Waals surface area contributed by atoms with E-state index >= 15 is 0 Å². The average Bonchev–Trinajstić information content (AvgIpc) is 2.95. The molecule has 2 aromatic carbocycles. The molecule has 0 radical (unpaired) electrons.